The largest absolute Gasteiger partial charge is 0.444 e. The van der Waals surface area contributed by atoms with E-state index in [1.165, 1.54) is 0 Å². The van der Waals surface area contributed by atoms with Crippen molar-refractivity contribution in [2.45, 2.75) is 32.8 Å². The fourth-order valence-corrected chi connectivity index (χ4v) is 2.14. The van der Waals surface area contributed by atoms with Crippen LogP contribution in [0.15, 0.2) is 18.2 Å². The number of anilines is 2. The lowest BCUT2D eigenvalue weighted by atomic mass is 9.99. The van der Waals surface area contributed by atoms with E-state index in [9.17, 15) is 9.18 Å². The highest BCUT2D eigenvalue weighted by atomic mass is 19.1. The van der Waals surface area contributed by atoms with Crippen LogP contribution in [0, 0.1) is 5.82 Å². The molecule has 6 heteroatoms. The molecule has 0 bridgehead atoms. The Morgan fingerprint density at radius 1 is 1.41 bits per heavy atom. The lowest BCUT2D eigenvalue weighted by Crippen LogP contribution is -2.27. The zero-order valence-corrected chi connectivity index (χ0v) is 13.0. The lowest BCUT2D eigenvalue weighted by Gasteiger charge is -2.21. The van der Waals surface area contributed by atoms with Gasteiger partial charge >= 0.3 is 6.09 Å². The number of benzene rings is 1. The molecule has 0 aromatic heterocycles. The fourth-order valence-electron chi connectivity index (χ4n) is 2.14. The predicted octanol–water partition coefficient (Wildman–Crippen LogP) is 3.56. The molecule has 2 rings (SSSR count). The Morgan fingerprint density at radius 2 is 2.14 bits per heavy atom. The number of hydrogen-bond donors (Lipinski definition) is 2. The highest BCUT2D eigenvalue weighted by Gasteiger charge is 2.20. The van der Waals surface area contributed by atoms with Gasteiger partial charge < -0.3 is 15.2 Å². The number of amides is 1. The Hall–Kier alpha value is -2.08. The SMILES string of the molecule is CC(C)(C)OC(=O)Nc1ccc(C2=CCOCC2)c(F)c1N. The number of nitrogens with two attached hydrogens (primary N) is 1. The average molecular weight is 308 g/mol. The van der Waals surface area contributed by atoms with Crippen molar-refractivity contribution in [3.05, 3.63) is 29.6 Å². The molecule has 120 valence electrons. The molecule has 1 aliphatic rings. The molecule has 0 saturated heterocycles. The lowest BCUT2D eigenvalue weighted by molar-refractivity contribution is 0.0636. The van der Waals surface area contributed by atoms with Crippen LogP contribution in [0.3, 0.4) is 0 Å². The normalized spacial score (nSPS) is 15.2. The van der Waals surface area contributed by atoms with E-state index in [0.717, 1.165) is 5.57 Å². The third-order valence-electron chi connectivity index (χ3n) is 3.12. The third-order valence-corrected chi connectivity index (χ3v) is 3.12. The van der Waals surface area contributed by atoms with Crippen molar-refractivity contribution >= 4 is 23.0 Å². The van der Waals surface area contributed by atoms with Crippen LogP contribution in [-0.2, 0) is 9.47 Å². The number of carbonyl (C=O) groups is 1. The number of halogens is 1. The molecule has 3 N–H and O–H groups in total. The number of carbonyl (C=O) groups excluding carboxylic acids is 1. The monoisotopic (exact) mass is 308 g/mol. The predicted molar refractivity (Wildman–Crippen MR) is 84.1 cm³/mol. The van der Waals surface area contributed by atoms with Crippen LogP contribution in [0.1, 0.15) is 32.8 Å². The van der Waals surface area contributed by atoms with E-state index < -0.39 is 17.5 Å². The van der Waals surface area contributed by atoms with Crippen molar-refractivity contribution in [1.82, 2.24) is 0 Å². The minimum atomic E-state index is -0.670. The van der Waals surface area contributed by atoms with Gasteiger partial charge in [0.05, 0.1) is 24.6 Å². The third kappa shape index (κ3) is 3.98. The number of nitrogen functional groups attached to an aromatic ring is 1. The van der Waals surface area contributed by atoms with E-state index in [0.29, 0.717) is 25.2 Å². The van der Waals surface area contributed by atoms with E-state index in [1.54, 1.807) is 32.9 Å². The maximum atomic E-state index is 14.4. The molecule has 0 aliphatic carbocycles. The molecule has 1 amide bonds. The molecule has 0 spiro atoms. The zero-order valence-electron chi connectivity index (χ0n) is 13.0. The van der Waals surface area contributed by atoms with Gasteiger partial charge in [-0.05, 0) is 44.9 Å². The Morgan fingerprint density at radius 3 is 2.73 bits per heavy atom. The summed E-state index contributed by atoms with van der Waals surface area (Å²) in [5, 5.41) is 2.47. The van der Waals surface area contributed by atoms with Gasteiger partial charge in [0.2, 0.25) is 0 Å². The second-order valence-corrected chi connectivity index (χ2v) is 6.07. The van der Waals surface area contributed by atoms with Crippen molar-refractivity contribution in [3.63, 3.8) is 0 Å². The quantitative estimate of drug-likeness (QED) is 0.819. The second kappa shape index (κ2) is 6.36. The summed E-state index contributed by atoms with van der Waals surface area (Å²) >= 11 is 0. The van der Waals surface area contributed by atoms with Gasteiger partial charge in [0.25, 0.3) is 0 Å². The van der Waals surface area contributed by atoms with Crippen LogP contribution >= 0.6 is 0 Å². The van der Waals surface area contributed by atoms with Gasteiger partial charge in [0.1, 0.15) is 5.60 Å². The van der Waals surface area contributed by atoms with Crippen LogP contribution < -0.4 is 11.1 Å². The van der Waals surface area contributed by atoms with Crippen molar-refractivity contribution in [1.29, 1.82) is 0 Å². The molecule has 0 radical (unpaired) electrons. The molecule has 1 heterocycles. The molecule has 0 fully saturated rings. The summed E-state index contributed by atoms with van der Waals surface area (Å²) < 4.78 is 24.8. The van der Waals surface area contributed by atoms with Crippen LogP contribution in [0.5, 0.6) is 0 Å². The standard InChI is InChI=1S/C16H21FN2O3/c1-16(2,3)22-15(20)19-12-5-4-11(13(17)14(12)18)10-6-8-21-9-7-10/h4-6H,7-9,18H2,1-3H3,(H,19,20). The van der Waals surface area contributed by atoms with Gasteiger partial charge in [-0.25, -0.2) is 9.18 Å². The fraction of sp³-hybridized carbons (Fsp3) is 0.438. The average Bonchev–Trinajstić information content (AvgIpc) is 2.43. The van der Waals surface area contributed by atoms with Crippen LogP contribution in [-0.4, -0.2) is 24.9 Å². The van der Waals surface area contributed by atoms with E-state index >= 15 is 0 Å². The van der Waals surface area contributed by atoms with Crippen molar-refractivity contribution in [2.75, 3.05) is 24.3 Å². The Bertz CT molecular complexity index is 606. The zero-order chi connectivity index (χ0) is 16.3. The van der Waals surface area contributed by atoms with Gasteiger partial charge in [-0.2, -0.15) is 0 Å². The molecule has 1 aromatic rings. The van der Waals surface area contributed by atoms with Crippen molar-refractivity contribution in [2.24, 2.45) is 0 Å². The summed E-state index contributed by atoms with van der Waals surface area (Å²) in [7, 11) is 0. The minimum Gasteiger partial charge on any atom is -0.444 e. The first-order valence-electron chi connectivity index (χ1n) is 7.13. The van der Waals surface area contributed by atoms with Crippen LogP contribution in [0.25, 0.3) is 5.57 Å². The second-order valence-electron chi connectivity index (χ2n) is 6.07. The van der Waals surface area contributed by atoms with Gasteiger partial charge in [-0.3, -0.25) is 5.32 Å². The van der Waals surface area contributed by atoms with Gasteiger partial charge in [0, 0.05) is 5.56 Å². The van der Waals surface area contributed by atoms with Crippen LogP contribution in [0.4, 0.5) is 20.6 Å². The van der Waals surface area contributed by atoms with Crippen LogP contribution in [0.2, 0.25) is 0 Å². The first-order chi connectivity index (χ1) is 10.3. The first-order valence-corrected chi connectivity index (χ1v) is 7.13. The van der Waals surface area contributed by atoms with E-state index in [2.05, 4.69) is 5.32 Å². The molecule has 0 atom stereocenters. The molecule has 5 nitrogen and oxygen atoms in total. The number of hydrogen-bond acceptors (Lipinski definition) is 4. The first kappa shape index (κ1) is 16.3. The Balaban J connectivity index is 2.20. The van der Waals surface area contributed by atoms with Gasteiger partial charge in [0.15, 0.2) is 5.82 Å². The van der Waals surface area contributed by atoms with Gasteiger partial charge in [-0.1, -0.05) is 6.08 Å². The molecule has 0 unspecified atom stereocenters. The maximum Gasteiger partial charge on any atom is 0.412 e. The molecule has 0 saturated carbocycles. The van der Waals surface area contributed by atoms with Crippen molar-refractivity contribution in [3.8, 4) is 0 Å². The van der Waals surface area contributed by atoms with E-state index in [-0.39, 0.29) is 11.4 Å². The number of ether oxygens (including phenoxy) is 2. The van der Waals surface area contributed by atoms with Crippen molar-refractivity contribution < 1.29 is 18.7 Å². The maximum absolute atomic E-state index is 14.4. The van der Waals surface area contributed by atoms with E-state index in [4.69, 9.17) is 15.2 Å². The van der Waals surface area contributed by atoms with Gasteiger partial charge in [-0.15, -0.1) is 0 Å². The smallest absolute Gasteiger partial charge is 0.412 e. The molecule has 1 aromatic carbocycles. The summed E-state index contributed by atoms with van der Waals surface area (Å²) in [5.41, 5.74) is 6.56. The van der Waals surface area contributed by atoms with E-state index in [1.807, 2.05) is 6.08 Å². The molecule has 1 aliphatic heterocycles. The summed E-state index contributed by atoms with van der Waals surface area (Å²) in [6, 6.07) is 3.18. The molecular weight excluding hydrogens is 287 g/mol. The summed E-state index contributed by atoms with van der Waals surface area (Å²) in [6.45, 7) is 6.27. The number of nitrogens with one attached hydrogen (secondary N) is 1. The molecule has 22 heavy (non-hydrogen) atoms. The molecular formula is C16H21FN2O3. The Kier molecular flexibility index (Phi) is 4.71. The highest BCUT2D eigenvalue weighted by Crippen LogP contribution is 2.31. The topological polar surface area (TPSA) is 73.6 Å². The summed E-state index contributed by atoms with van der Waals surface area (Å²) in [5.74, 6) is -0.540. The minimum absolute atomic E-state index is 0.101. The summed E-state index contributed by atoms with van der Waals surface area (Å²) in [4.78, 5) is 11.7. The summed E-state index contributed by atoms with van der Waals surface area (Å²) in [6.07, 6.45) is 1.80. The number of rotatable bonds is 2. The Labute approximate surface area is 129 Å². The highest BCUT2D eigenvalue weighted by molar-refractivity contribution is 5.90.